The van der Waals surface area contributed by atoms with Crippen molar-refractivity contribution in [3.63, 3.8) is 0 Å². The van der Waals surface area contributed by atoms with Crippen LogP contribution in [0.15, 0.2) is 233 Å². The van der Waals surface area contributed by atoms with Crippen LogP contribution in [-0.4, -0.2) is 95.7 Å². The van der Waals surface area contributed by atoms with Crippen LogP contribution in [0.4, 0.5) is 0 Å². The molecule has 0 amide bonds. The van der Waals surface area contributed by atoms with E-state index in [1.807, 2.05) is 47.0 Å². The second-order valence-corrected chi connectivity index (χ2v) is 26.8. The zero-order chi connectivity index (χ0) is 47.8. The Kier molecular flexibility index (Phi) is 13.4. The summed E-state index contributed by atoms with van der Waals surface area (Å²) in [5, 5.41) is 17.5. The van der Waals surface area contributed by atoms with Gasteiger partial charge in [0.15, 0.2) is 0 Å². The number of benzene rings is 8. The normalized spacial score (nSPS) is 12.2. The Labute approximate surface area is 456 Å². The summed E-state index contributed by atoms with van der Waals surface area (Å²) < 4.78 is 22.3. The molecule has 0 fully saturated rings. The van der Waals surface area contributed by atoms with E-state index in [4.69, 9.17) is 0 Å². The fourth-order valence-electron chi connectivity index (χ4n) is 8.63. The van der Waals surface area contributed by atoms with Crippen LogP contribution < -0.4 is 0 Å². The number of rotatable bonds is 0. The first-order chi connectivity index (χ1) is 35.7. The molecule has 16 rings (SSSR count). The summed E-state index contributed by atoms with van der Waals surface area (Å²) in [6, 6.07) is 68.0. The number of nitrogens with zero attached hydrogens (tertiary/aromatic N) is 8. The molecule has 344 valence electrons. The van der Waals surface area contributed by atoms with Crippen LogP contribution in [0.3, 0.4) is 0 Å². The predicted molar refractivity (Wildman–Crippen MR) is 296 cm³/mol. The molecule has 0 N–H and O–H groups in total. The molecule has 4 aromatic heterocycles. The third-order valence-corrected chi connectivity index (χ3v) is 22.9. The molecule has 72 heavy (non-hydrogen) atoms. The van der Waals surface area contributed by atoms with Crippen molar-refractivity contribution < 1.29 is 0 Å². The van der Waals surface area contributed by atoms with Gasteiger partial charge in [-0.25, -0.2) is 0 Å². The number of fused-ring (bicyclic) bond motifs is 20. The summed E-state index contributed by atoms with van der Waals surface area (Å²) in [5.74, 6) is 0. The van der Waals surface area contributed by atoms with Crippen molar-refractivity contribution >= 4 is 106 Å². The van der Waals surface area contributed by atoms with Gasteiger partial charge >= 0.3 is 461 Å². The molecule has 0 aliphatic carbocycles. The minimum atomic E-state index is 0.115. The maximum absolute atomic E-state index is 4.38. The second kappa shape index (κ2) is 20.8. The van der Waals surface area contributed by atoms with E-state index in [1.165, 1.54) is 101 Å². The van der Waals surface area contributed by atoms with E-state index in [0.29, 0.717) is 0 Å². The van der Waals surface area contributed by atoms with E-state index in [2.05, 4.69) is 231 Å². The summed E-state index contributed by atoms with van der Waals surface area (Å²) in [7, 11) is 0. The average Bonchev–Trinajstić information content (AvgIpc) is 4.27. The van der Waals surface area contributed by atoms with E-state index in [-0.39, 0.29) is 58.9 Å². The molecule has 0 spiro atoms. The zero-order valence-electron chi connectivity index (χ0n) is 37.3. The van der Waals surface area contributed by atoms with Gasteiger partial charge in [0.25, 0.3) is 0 Å². The molecule has 4 aliphatic rings. The Balaban J connectivity index is 0.0000000933. The van der Waals surface area contributed by atoms with Crippen molar-refractivity contribution in [2.45, 2.75) is 39.2 Å². The van der Waals surface area contributed by atoms with Gasteiger partial charge in [0.1, 0.15) is 0 Å². The summed E-state index contributed by atoms with van der Waals surface area (Å²) >= 11 is 7.77. The Morgan fingerprint density at radius 1 is 0.208 bits per heavy atom. The zero-order valence-corrected chi connectivity index (χ0v) is 47.4. The van der Waals surface area contributed by atoms with Crippen LogP contribution in [0.2, 0.25) is 0 Å². The quantitative estimate of drug-likeness (QED) is 0.135. The van der Waals surface area contributed by atoms with Gasteiger partial charge in [-0.1, -0.05) is 0 Å². The van der Waals surface area contributed by atoms with Crippen LogP contribution in [0.25, 0.3) is 85.0 Å². The van der Waals surface area contributed by atoms with Gasteiger partial charge in [0.05, 0.1) is 0 Å². The number of hydrogen-bond donors (Lipinski definition) is 0. The van der Waals surface area contributed by atoms with Crippen molar-refractivity contribution in [1.29, 1.82) is 0 Å². The van der Waals surface area contributed by atoms with Gasteiger partial charge in [0, 0.05) is 0 Å². The molecule has 0 saturated carbocycles. The van der Waals surface area contributed by atoms with Crippen molar-refractivity contribution in [2.75, 3.05) is 0 Å². The summed E-state index contributed by atoms with van der Waals surface area (Å²) in [6.45, 7) is 0. The van der Waals surface area contributed by atoms with Gasteiger partial charge in [-0.3, -0.25) is 0 Å². The third-order valence-electron chi connectivity index (χ3n) is 11.9. The Hall–Kier alpha value is -5.40. The predicted octanol–water partition coefficient (Wildman–Crippen LogP) is 13.3. The first-order valence-corrected chi connectivity index (χ1v) is 32.2. The first kappa shape index (κ1) is 46.4. The third kappa shape index (κ3) is 8.98. The van der Waals surface area contributed by atoms with E-state index < -0.39 is 0 Å². The number of hydrogen-bond acceptors (Lipinski definition) is 12. The Bertz CT molecular complexity index is 3210. The van der Waals surface area contributed by atoms with Crippen molar-refractivity contribution in [1.82, 2.24) is 36.8 Å². The Morgan fingerprint density at radius 2 is 0.375 bits per heavy atom. The van der Waals surface area contributed by atoms with Crippen molar-refractivity contribution in [3.8, 4) is 85.0 Å². The van der Waals surface area contributed by atoms with E-state index in [0.717, 1.165) is 22.8 Å². The summed E-state index contributed by atoms with van der Waals surface area (Å²) in [4.78, 5) is 10.3. The molecule has 12 aromatic rings. The van der Waals surface area contributed by atoms with Gasteiger partial charge < -0.3 is 0 Å². The van der Waals surface area contributed by atoms with Crippen LogP contribution in [0.1, 0.15) is 0 Å². The molecule has 8 aromatic carbocycles. The van der Waals surface area contributed by atoms with E-state index in [9.17, 15) is 0 Å². The first-order valence-electron chi connectivity index (χ1n) is 22.5. The fourth-order valence-corrected chi connectivity index (χ4v) is 19.6. The van der Waals surface area contributed by atoms with Gasteiger partial charge in [-0.15, -0.1) is 0 Å². The maximum atomic E-state index is 4.38. The minimum absolute atomic E-state index is 0.115. The van der Waals surface area contributed by atoms with E-state index in [1.54, 1.807) is 0 Å². The molecule has 0 bridgehead atoms. The van der Waals surface area contributed by atoms with Crippen LogP contribution >= 0.6 is 47.0 Å². The Morgan fingerprint density at radius 3 is 0.583 bits per heavy atom. The summed E-state index contributed by atoms with van der Waals surface area (Å²) in [6.07, 6.45) is 0. The summed E-state index contributed by atoms with van der Waals surface area (Å²) in [5.41, 5.74) is 14.4. The molecule has 0 radical (unpaired) electrons. The molecule has 0 saturated heterocycles. The average molecular weight is 1260 g/mol. The van der Waals surface area contributed by atoms with Crippen LogP contribution in [-0.2, 0) is 0 Å². The monoisotopic (exact) mass is 1260 g/mol. The topological polar surface area (TPSA) is 103 Å². The van der Waals surface area contributed by atoms with Crippen molar-refractivity contribution in [2.24, 2.45) is 0 Å². The molecule has 16 heteroatoms. The molecule has 4 aliphatic heterocycles. The molecular formula is C56H32N8S4Se4. The van der Waals surface area contributed by atoms with Crippen LogP contribution in [0, 0.1) is 0 Å². The van der Waals surface area contributed by atoms with Gasteiger partial charge in [-0.05, 0) is 0 Å². The molecule has 8 heterocycles. The van der Waals surface area contributed by atoms with Crippen LogP contribution in [0.5, 0.6) is 0 Å². The fraction of sp³-hybridized carbons (Fsp3) is 0. The van der Waals surface area contributed by atoms with Gasteiger partial charge in [-0.2, -0.15) is 0 Å². The van der Waals surface area contributed by atoms with E-state index >= 15 is 0 Å². The molecule has 0 atom stereocenters. The second-order valence-electron chi connectivity index (χ2n) is 16.2. The molecule has 0 unspecified atom stereocenters. The molecule has 8 nitrogen and oxygen atoms in total. The standard InChI is InChI=1S/4C14H8N2SSe/c4*1-3-7-11-9(5-1)13-14(18-16-15-13)10-6-2-4-8-12(10)17-11/h4*1-8H. The van der Waals surface area contributed by atoms with Gasteiger partial charge in [0.2, 0.25) is 0 Å². The SMILES string of the molecule is c1ccc2c(c1)Sc1ccccc1-c1[se]nnc1-2.c1ccc2c(c1)Sc1ccccc1-c1[se]nnc1-2.c1ccc2c(c1)Sc1ccccc1-c1[se]nnc1-2.c1ccc2c(c1)Sc1ccccc1-c1[se]nnc1-2. The molecular weight excluding hydrogens is 1230 g/mol. The van der Waals surface area contributed by atoms with Crippen molar-refractivity contribution in [3.05, 3.63) is 194 Å². The number of aromatic nitrogens is 8.